The summed E-state index contributed by atoms with van der Waals surface area (Å²) in [5.41, 5.74) is 5.48. The minimum absolute atomic E-state index is 0.00425. The van der Waals surface area contributed by atoms with Gasteiger partial charge in [0.1, 0.15) is 17.3 Å². The third kappa shape index (κ3) is 5.97. The maximum absolute atomic E-state index is 13.1. The lowest BCUT2D eigenvalue weighted by Gasteiger charge is -2.20. The molecule has 0 aliphatic heterocycles. The van der Waals surface area contributed by atoms with Crippen LogP contribution in [0.3, 0.4) is 0 Å². The number of benzene rings is 1. The van der Waals surface area contributed by atoms with Gasteiger partial charge in [-0.25, -0.2) is 9.97 Å². The van der Waals surface area contributed by atoms with Gasteiger partial charge in [0.05, 0.1) is 5.69 Å². The molecule has 0 spiro atoms. The van der Waals surface area contributed by atoms with Crippen LogP contribution >= 0.6 is 11.8 Å². The predicted octanol–water partition coefficient (Wildman–Crippen LogP) is 6.31. The van der Waals surface area contributed by atoms with Crippen molar-refractivity contribution in [2.45, 2.75) is 36.8 Å². The monoisotopic (exact) mass is 502 g/mol. The van der Waals surface area contributed by atoms with Gasteiger partial charge in [-0.05, 0) is 61.8 Å². The first-order valence-corrected chi connectivity index (χ1v) is 12.1. The molecule has 11 heteroatoms. The molecule has 1 fully saturated rings. The standard InChI is InChI=1S/C24H25F3N6OS/c1-14-18(28-17-10-9-16(15-7-8-15)11-19(17)35-3)12-22(31-23(14)32-33(2)13-34)30-21-6-4-5-20(29-21)24(25,26)27/h4-6,9-13,15H,7-8H2,1-3H3,(H3,28,29,30,31,32). The highest BCUT2D eigenvalue weighted by Crippen LogP contribution is 2.43. The number of amides is 1. The normalized spacial score (nSPS) is 13.3. The topological polar surface area (TPSA) is 82.2 Å². The Hall–Kier alpha value is -3.47. The fraction of sp³-hybridized carbons (Fsp3) is 0.292. The summed E-state index contributed by atoms with van der Waals surface area (Å²) in [6, 6.07) is 11.6. The van der Waals surface area contributed by atoms with Crippen molar-refractivity contribution in [2.24, 2.45) is 0 Å². The van der Waals surface area contributed by atoms with E-state index >= 15 is 0 Å². The molecule has 7 nitrogen and oxygen atoms in total. The molecule has 1 aliphatic carbocycles. The molecule has 0 atom stereocenters. The Morgan fingerprint density at radius 1 is 1.06 bits per heavy atom. The van der Waals surface area contributed by atoms with Crippen molar-refractivity contribution in [3.05, 3.63) is 59.3 Å². The van der Waals surface area contributed by atoms with Gasteiger partial charge < -0.3 is 10.6 Å². The average Bonchev–Trinajstić information content (AvgIpc) is 3.67. The SMILES string of the molecule is CSc1cc(C2CC2)ccc1Nc1cc(Nc2cccc(C(F)(F)F)n2)nc(NN(C)C=O)c1C. The molecule has 0 unspecified atom stereocenters. The minimum Gasteiger partial charge on any atom is -0.354 e. The van der Waals surface area contributed by atoms with Crippen LogP contribution < -0.4 is 16.1 Å². The number of hydrazine groups is 1. The lowest BCUT2D eigenvalue weighted by molar-refractivity contribution is -0.141. The molecule has 3 N–H and O–H groups in total. The van der Waals surface area contributed by atoms with Gasteiger partial charge in [0.2, 0.25) is 6.41 Å². The van der Waals surface area contributed by atoms with E-state index in [9.17, 15) is 18.0 Å². The highest BCUT2D eigenvalue weighted by Gasteiger charge is 2.32. The second-order valence-electron chi connectivity index (χ2n) is 8.25. The second-order valence-corrected chi connectivity index (χ2v) is 9.09. The molecule has 1 aromatic carbocycles. The molecule has 2 heterocycles. The lowest BCUT2D eigenvalue weighted by Crippen LogP contribution is -2.24. The van der Waals surface area contributed by atoms with Gasteiger partial charge in [0.15, 0.2) is 5.82 Å². The van der Waals surface area contributed by atoms with E-state index in [4.69, 9.17) is 0 Å². The van der Waals surface area contributed by atoms with Gasteiger partial charge in [0, 0.05) is 29.3 Å². The number of nitrogens with one attached hydrogen (secondary N) is 3. The fourth-order valence-corrected chi connectivity index (χ4v) is 4.12. The highest BCUT2D eigenvalue weighted by molar-refractivity contribution is 7.98. The van der Waals surface area contributed by atoms with Crippen LogP contribution in [0.5, 0.6) is 0 Å². The number of rotatable bonds is 9. The van der Waals surface area contributed by atoms with E-state index in [1.165, 1.54) is 42.6 Å². The third-order valence-corrected chi connectivity index (χ3v) is 6.33. The van der Waals surface area contributed by atoms with Crippen LogP contribution in [0.2, 0.25) is 0 Å². The Balaban J connectivity index is 1.69. The number of nitrogens with zero attached hydrogens (tertiary/aromatic N) is 3. The van der Waals surface area contributed by atoms with Crippen molar-refractivity contribution >= 4 is 47.0 Å². The first-order valence-electron chi connectivity index (χ1n) is 10.9. The lowest BCUT2D eigenvalue weighted by atomic mass is 10.1. The maximum atomic E-state index is 13.1. The smallest absolute Gasteiger partial charge is 0.354 e. The number of pyridine rings is 2. The molecular formula is C24H25F3N6OS. The summed E-state index contributed by atoms with van der Waals surface area (Å²) in [6.07, 6.45) is 0.454. The number of aromatic nitrogens is 2. The number of alkyl halides is 3. The summed E-state index contributed by atoms with van der Waals surface area (Å²) in [4.78, 5) is 20.4. The largest absolute Gasteiger partial charge is 0.433 e. The van der Waals surface area contributed by atoms with E-state index in [2.05, 4.69) is 38.2 Å². The van der Waals surface area contributed by atoms with Crippen molar-refractivity contribution in [3.63, 3.8) is 0 Å². The molecular weight excluding hydrogens is 477 g/mol. The molecule has 35 heavy (non-hydrogen) atoms. The Kier molecular flexibility index (Phi) is 7.06. The summed E-state index contributed by atoms with van der Waals surface area (Å²) >= 11 is 1.63. The number of halogens is 3. The van der Waals surface area contributed by atoms with Crippen molar-refractivity contribution in [2.75, 3.05) is 29.4 Å². The summed E-state index contributed by atoms with van der Waals surface area (Å²) in [5.74, 6) is 1.24. The second kappa shape index (κ2) is 10.0. The van der Waals surface area contributed by atoms with E-state index in [1.54, 1.807) is 17.8 Å². The first kappa shape index (κ1) is 24.6. The molecule has 1 aliphatic rings. The number of carbonyl (C=O) groups is 1. The number of hydrogen-bond acceptors (Lipinski definition) is 7. The molecule has 0 saturated heterocycles. The Labute approximate surface area is 205 Å². The Bertz CT molecular complexity index is 1230. The van der Waals surface area contributed by atoms with Gasteiger partial charge in [0.25, 0.3) is 0 Å². The van der Waals surface area contributed by atoms with E-state index in [1.807, 2.05) is 19.2 Å². The van der Waals surface area contributed by atoms with E-state index < -0.39 is 11.9 Å². The van der Waals surface area contributed by atoms with Crippen LogP contribution in [-0.4, -0.2) is 34.7 Å². The van der Waals surface area contributed by atoms with Crippen LogP contribution in [0, 0.1) is 6.92 Å². The molecule has 2 aromatic heterocycles. The van der Waals surface area contributed by atoms with Gasteiger partial charge in [-0.1, -0.05) is 12.1 Å². The van der Waals surface area contributed by atoms with Gasteiger partial charge in [-0.15, -0.1) is 11.8 Å². The highest BCUT2D eigenvalue weighted by atomic mass is 32.2. The Morgan fingerprint density at radius 2 is 1.83 bits per heavy atom. The molecule has 4 rings (SSSR count). The van der Waals surface area contributed by atoms with Gasteiger partial charge in [-0.2, -0.15) is 13.2 Å². The van der Waals surface area contributed by atoms with Crippen LogP contribution in [-0.2, 0) is 11.0 Å². The third-order valence-electron chi connectivity index (χ3n) is 5.55. The quantitative estimate of drug-likeness (QED) is 0.180. The summed E-state index contributed by atoms with van der Waals surface area (Å²) < 4.78 is 39.3. The zero-order valence-corrected chi connectivity index (χ0v) is 20.2. The zero-order valence-electron chi connectivity index (χ0n) is 19.4. The molecule has 0 bridgehead atoms. The summed E-state index contributed by atoms with van der Waals surface area (Å²) in [5, 5.41) is 7.47. The molecule has 1 saturated carbocycles. The van der Waals surface area contributed by atoms with Crippen molar-refractivity contribution in [3.8, 4) is 0 Å². The fourth-order valence-electron chi connectivity index (χ4n) is 3.53. The van der Waals surface area contributed by atoms with Crippen molar-refractivity contribution in [1.29, 1.82) is 0 Å². The van der Waals surface area contributed by atoms with E-state index in [0.29, 0.717) is 23.8 Å². The van der Waals surface area contributed by atoms with Crippen molar-refractivity contribution < 1.29 is 18.0 Å². The van der Waals surface area contributed by atoms with Crippen LogP contribution in [0.4, 0.5) is 42.0 Å². The average molecular weight is 503 g/mol. The minimum atomic E-state index is -4.56. The predicted molar refractivity (Wildman–Crippen MR) is 132 cm³/mol. The van der Waals surface area contributed by atoms with Crippen molar-refractivity contribution in [1.82, 2.24) is 15.0 Å². The number of thioether (sulfide) groups is 1. The number of hydrogen-bond donors (Lipinski definition) is 3. The zero-order chi connectivity index (χ0) is 25.2. The van der Waals surface area contributed by atoms with Crippen LogP contribution in [0.15, 0.2) is 47.4 Å². The van der Waals surface area contributed by atoms with E-state index in [-0.39, 0.29) is 11.6 Å². The van der Waals surface area contributed by atoms with E-state index in [0.717, 1.165) is 22.2 Å². The molecule has 0 radical (unpaired) electrons. The number of anilines is 5. The van der Waals surface area contributed by atoms with Gasteiger partial charge >= 0.3 is 6.18 Å². The summed E-state index contributed by atoms with van der Waals surface area (Å²) in [6.45, 7) is 1.83. The van der Waals surface area contributed by atoms with Gasteiger partial charge in [-0.3, -0.25) is 15.2 Å². The number of carbonyl (C=O) groups excluding carboxylic acids is 1. The Morgan fingerprint density at radius 3 is 2.49 bits per heavy atom. The maximum Gasteiger partial charge on any atom is 0.433 e. The first-order chi connectivity index (χ1) is 16.7. The van der Waals surface area contributed by atoms with Crippen LogP contribution in [0.1, 0.15) is 35.6 Å². The molecule has 3 aromatic rings. The summed E-state index contributed by atoms with van der Waals surface area (Å²) in [7, 11) is 1.53. The molecule has 1 amide bonds. The molecule has 184 valence electrons. The van der Waals surface area contributed by atoms with Crippen LogP contribution in [0.25, 0.3) is 0 Å².